The summed E-state index contributed by atoms with van der Waals surface area (Å²) in [6.45, 7) is 0. The first-order valence-corrected chi connectivity index (χ1v) is 31.9. The highest BCUT2D eigenvalue weighted by Crippen LogP contribution is 2.59. The first-order valence-electron chi connectivity index (χ1n) is 30.3. The summed E-state index contributed by atoms with van der Waals surface area (Å²) in [4.78, 5) is 4.87. The van der Waals surface area contributed by atoms with Crippen LogP contribution in [0.15, 0.2) is 328 Å². The fourth-order valence-corrected chi connectivity index (χ4v) is 17.6. The van der Waals surface area contributed by atoms with Gasteiger partial charge in [0.05, 0.1) is 10.8 Å². The van der Waals surface area contributed by atoms with E-state index >= 15 is 0 Å². The smallest absolute Gasteiger partial charge is 0.0714 e. The van der Waals surface area contributed by atoms with Gasteiger partial charge in [0, 0.05) is 74.5 Å². The third-order valence-corrected chi connectivity index (χ3v) is 21.2. The second-order valence-electron chi connectivity index (χ2n) is 23.5. The van der Waals surface area contributed by atoms with Crippen LogP contribution in [0.1, 0.15) is 44.5 Å². The van der Waals surface area contributed by atoms with Crippen molar-refractivity contribution < 1.29 is 0 Å². The summed E-state index contributed by atoms with van der Waals surface area (Å²) in [5.74, 6) is 0. The Kier molecular flexibility index (Phi) is 11.5. The monoisotopic (exact) mass is 1150 g/mol. The van der Waals surface area contributed by atoms with E-state index in [2.05, 4.69) is 337 Å². The largest absolute Gasteiger partial charge is 0.310 e. The third-order valence-electron chi connectivity index (χ3n) is 18.9. The molecule has 2 heterocycles. The lowest BCUT2D eigenvalue weighted by Crippen LogP contribution is -2.28. The molecular formula is C84H54N2S2. The van der Waals surface area contributed by atoms with Gasteiger partial charge < -0.3 is 9.80 Å². The van der Waals surface area contributed by atoms with Crippen LogP contribution in [0.25, 0.3) is 73.4 Å². The molecule has 412 valence electrons. The van der Waals surface area contributed by atoms with Gasteiger partial charge in [0.1, 0.15) is 0 Å². The van der Waals surface area contributed by atoms with Gasteiger partial charge in [-0.25, -0.2) is 0 Å². The molecule has 0 amide bonds. The molecule has 2 nitrogen and oxygen atoms in total. The highest BCUT2D eigenvalue weighted by atomic mass is 32.1. The SMILES string of the molecule is c1ccc(N(c2cccc(C3(c4ccccc4)c4ccccc4-c4ccccc43)c2)c2ccc3c(c2)sc2cc4cc5sc6cc(N(c7ccccc7)c7cccc(C8(c9ccccc9)c9ccccc9-c9ccccc98)c7)ccc6c5cc4cc23)cc1. The molecule has 18 rings (SSSR count). The van der Waals surface area contributed by atoms with Gasteiger partial charge in [-0.3, -0.25) is 0 Å². The Morgan fingerprint density at radius 3 is 0.886 bits per heavy atom. The molecule has 0 spiro atoms. The van der Waals surface area contributed by atoms with Crippen molar-refractivity contribution in [2.24, 2.45) is 0 Å². The van der Waals surface area contributed by atoms with Gasteiger partial charge in [-0.15, -0.1) is 22.7 Å². The Bertz CT molecular complexity index is 4990. The number of anilines is 6. The number of para-hydroxylation sites is 2. The van der Waals surface area contributed by atoms with Crippen molar-refractivity contribution in [1.82, 2.24) is 0 Å². The fraction of sp³-hybridized carbons (Fsp3) is 0.0238. The van der Waals surface area contributed by atoms with Gasteiger partial charge in [-0.2, -0.15) is 0 Å². The zero-order chi connectivity index (χ0) is 57.9. The lowest BCUT2D eigenvalue weighted by atomic mass is 9.67. The van der Waals surface area contributed by atoms with E-state index in [0.29, 0.717) is 0 Å². The van der Waals surface area contributed by atoms with Crippen molar-refractivity contribution in [1.29, 1.82) is 0 Å². The van der Waals surface area contributed by atoms with Crippen LogP contribution in [0.2, 0.25) is 0 Å². The molecule has 2 aromatic heterocycles. The van der Waals surface area contributed by atoms with E-state index in [9.17, 15) is 0 Å². The van der Waals surface area contributed by atoms with Crippen LogP contribution >= 0.6 is 22.7 Å². The van der Waals surface area contributed by atoms with Gasteiger partial charge in [0.2, 0.25) is 0 Å². The number of benzene rings is 14. The molecule has 0 fully saturated rings. The van der Waals surface area contributed by atoms with Crippen molar-refractivity contribution >= 4 is 108 Å². The van der Waals surface area contributed by atoms with E-state index < -0.39 is 10.8 Å². The number of thiophene rings is 2. The van der Waals surface area contributed by atoms with Crippen LogP contribution in [-0.2, 0) is 10.8 Å². The van der Waals surface area contributed by atoms with Crippen LogP contribution in [0.3, 0.4) is 0 Å². The summed E-state index contributed by atoms with van der Waals surface area (Å²) >= 11 is 3.77. The van der Waals surface area contributed by atoms with E-state index in [0.717, 1.165) is 34.1 Å². The van der Waals surface area contributed by atoms with Crippen LogP contribution in [0.4, 0.5) is 34.1 Å². The summed E-state index contributed by atoms with van der Waals surface area (Å²) in [6, 6.07) is 122. The Balaban J connectivity index is 0.729. The topological polar surface area (TPSA) is 6.48 Å². The Labute approximate surface area is 519 Å². The van der Waals surface area contributed by atoms with Gasteiger partial charge >= 0.3 is 0 Å². The lowest BCUT2D eigenvalue weighted by Gasteiger charge is -2.35. The van der Waals surface area contributed by atoms with Gasteiger partial charge in [-0.05, 0) is 175 Å². The molecule has 16 aromatic rings. The maximum Gasteiger partial charge on any atom is 0.0714 e. The minimum absolute atomic E-state index is 0.504. The standard InChI is InChI=1S/C84H54N2S2/c1-5-23-57(24-6-1)83(75-39-17-13-35-67(75)68-36-14-18-40-76(68)83)59-27-21-33-63(51-59)85(61-29-9-3-10-30-61)65-43-45-71-73-47-55-48-74-72-46-44-66(54-82(72)88-80(74)50-56(55)49-79(73)87-81(71)53-65)86(62-31-11-4-12-32-62)64-34-22-28-60(52-64)84(58-25-7-2-8-26-58)77-41-19-15-37-69(77)70-38-16-20-42-78(70)84/h1-54H. The Morgan fingerprint density at radius 2 is 0.500 bits per heavy atom. The number of nitrogens with zero attached hydrogens (tertiary/aromatic N) is 2. The summed E-state index contributed by atoms with van der Waals surface area (Å²) in [5, 5.41) is 7.63. The zero-order valence-electron chi connectivity index (χ0n) is 47.9. The van der Waals surface area contributed by atoms with E-state index in [4.69, 9.17) is 0 Å². The van der Waals surface area contributed by atoms with E-state index in [1.54, 1.807) is 0 Å². The molecule has 0 radical (unpaired) electrons. The molecule has 0 unspecified atom stereocenters. The average Bonchev–Trinajstić information content (AvgIpc) is 2.12. The quantitative estimate of drug-likeness (QED) is 0.135. The average molecular weight is 1160 g/mol. The summed E-state index contributed by atoms with van der Waals surface area (Å²) < 4.78 is 5.11. The molecule has 0 saturated carbocycles. The summed E-state index contributed by atoms with van der Waals surface area (Å²) in [6.07, 6.45) is 0. The maximum atomic E-state index is 2.44. The van der Waals surface area contributed by atoms with Gasteiger partial charge in [-0.1, -0.05) is 231 Å². The highest BCUT2D eigenvalue weighted by molar-refractivity contribution is 7.26. The number of hydrogen-bond acceptors (Lipinski definition) is 4. The molecule has 0 N–H and O–H groups in total. The third kappa shape index (κ3) is 7.53. The molecule has 14 aromatic carbocycles. The van der Waals surface area contributed by atoms with Crippen molar-refractivity contribution in [3.05, 3.63) is 372 Å². The van der Waals surface area contributed by atoms with E-state index in [1.807, 2.05) is 22.7 Å². The van der Waals surface area contributed by atoms with Crippen LogP contribution in [0, 0.1) is 0 Å². The van der Waals surface area contributed by atoms with E-state index in [-0.39, 0.29) is 0 Å². The number of hydrogen-bond donors (Lipinski definition) is 0. The van der Waals surface area contributed by atoms with Gasteiger partial charge in [0.25, 0.3) is 0 Å². The molecule has 0 atom stereocenters. The second kappa shape index (κ2) is 20.0. The molecule has 88 heavy (non-hydrogen) atoms. The van der Waals surface area contributed by atoms with Gasteiger partial charge in [0.15, 0.2) is 0 Å². The normalized spacial score (nSPS) is 13.4. The predicted octanol–water partition coefficient (Wildman–Crippen LogP) is 23.2. The molecule has 2 aliphatic rings. The van der Waals surface area contributed by atoms with Crippen molar-refractivity contribution in [2.75, 3.05) is 9.80 Å². The maximum absolute atomic E-state index is 2.44. The number of rotatable bonds is 10. The van der Waals surface area contributed by atoms with Crippen LogP contribution in [-0.4, -0.2) is 0 Å². The molecule has 2 aliphatic carbocycles. The minimum Gasteiger partial charge on any atom is -0.310 e. The number of fused-ring (bicyclic) bond motifs is 13. The van der Waals surface area contributed by atoms with E-state index in [1.165, 1.54) is 118 Å². The molecular weight excluding hydrogens is 1100 g/mol. The molecule has 0 saturated heterocycles. The molecule has 4 heteroatoms. The molecule has 0 bridgehead atoms. The zero-order valence-corrected chi connectivity index (χ0v) is 49.5. The predicted molar refractivity (Wildman–Crippen MR) is 374 cm³/mol. The van der Waals surface area contributed by atoms with Crippen LogP contribution in [0.5, 0.6) is 0 Å². The lowest BCUT2D eigenvalue weighted by molar-refractivity contribution is 0.768. The van der Waals surface area contributed by atoms with Crippen LogP contribution < -0.4 is 9.80 Å². The Hall–Kier alpha value is -10.6. The summed E-state index contributed by atoms with van der Waals surface area (Å²) in [7, 11) is 0. The van der Waals surface area contributed by atoms with Crippen molar-refractivity contribution in [3.63, 3.8) is 0 Å². The molecule has 0 aliphatic heterocycles. The first-order chi connectivity index (χ1) is 43.6. The first kappa shape index (κ1) is 50.7. The second-order valence-corrected chi connectivity index (χ2v) is 25.6. The van der Waals surface area contributed by atoms with Crippen molar-refractivity contribution in [2.45, 2.75) is 10.8 Å². The highest BCUT2D eigenvalue weighted by Gasteiger charge is 2.47. The summed E-state index contributed by atoms with van der Waals surface area (Å²) in [5.41, 5.74) is 21.1. The minimum atomic E-state index is -0.504. The fourth-order valence-electron chi connectivity index (χ4n) is 15.3. The van der Waals surface area contributed by atoms with Crippen molar-refractivity contribution in [3.8, 4) is 22.3 Å². The Morgan fingerprint density at radius 1 is 0.205 bits per heavy atom.